The van der Waals surface area contributed by atoms with Crippen molar-refractivity contribution in [3.05, 3.63) is 29.9 Å². The van der Waals surface area contributed by atoms with Crippen molar-refractivity contribution in [1.82, 2.24) is 15.5 Å². The fraction of sp³-hybridized carbons (Fsp3) is 0.333. The van der Waals surface area contributed by atoms with Crippen LogP contribution in [0.3, 0.4) is 0 Å². The molecule has 1 heterocycles. The Morgan fingerprint density at radius 1 is 1.50 bits per heavy atom. The van der Waals surface area contributed by atoms with Crippen molar-refractivity contribution in [2.24, 2.45) is 0 Å². The first-order valence-electron chi connectivity index (χ1n) is 5.65. The maximum Gasteiger partial charge on any atom is 0.253 e. The molecular formula is C12H15N3O. The van der Waals surface area contributed by atoms with Crippen molar-refractivity contribution in [2.75, 3.05) is 0 Å². The molecule has 2 rings (SSSR count). The van der Waals surface area contributed by atoms with Gasteiger partial charge in [0.15, 0.2) is 0 Å². The number of nitrogens with one attached hydrogen (secondary N) is 2. The van der Waals surface area contributed by atoms with Gasteiger partial charge in [-0.25, -0.2) is 0 Å². The number of rotatable bonds is 1. The number of aromatic amines is 1. The summed E-state index contributed by atoms with van der Waals surface area (Å²) in [5.74, 6) is -0.160. The number of amides is 1. The van der Waals surface area contributed by atoms with Gasteiger partial charge < -0.3 is 5.32 Å². The van der Waals surface area contributed by atoms with Gasteiger partial charge in [0.2, 0.25) is 0 Å². The van der Waals surface area contributed by atoms with Crippen LogP contribution in [-0.2, 0) is 0 Å². The fourth-order valence-electron chi connectivity index (χ4n) is 1.51. The third-order valence-electron chi connectivity index (χ3n) is 2.14. The third kappa shape index (κ3) is 2.05. The van der Waals surface area contributed by atoms with Gasteiger partial charge in [-0.2, -0.15) is 5.10 Å². The fourth-order valence-corrected chi connectivity index (χ4v) is 1.51. The molecule has 4 heteroatoms. The molecule has 84 valence electrons. The van der Waals surface area contributed by atoms with Gasteiger partial charge in [0.05, 0.1) is 18.6 Å². The molecule has 0 saturated carbocycles. The van der Waals surface area contributed by atoms with Crippen LogP contribution < -0.4 is 5.32 Å². The molecule has 16 heavy (non-hydrogen) atoms. The van der Waals surface area contributed by atoms with E-state index in [4.69, 9.17) is 1.37 Å². The third-order valence-corrected chi connectivity index (χ3v) is 2.14. The molecule has 0 unspecified atom stereocenters. The van der Waals surface area contributed by atoms with Crippen molar-refractivity contribution < 1.29 is 6.17 Å². The van der Waals surface area contributed by atoms with Gasteiger partial charge in [-0.05, 0) is 26.8 Å². The first-order chi connectivity index (χ1) is 7.88. The zero-order valence-electron chi connectivity index (χ0n) is 10.6. The Bertz CT molecular complexity index is 569. The molecule has 2 N–H and O–H groups in total. The molecule has 0 fully saturated rings. The number of fused-ring (bicyclic) bond motifs is 1. The summed E-state index contributed by atoms with van der Waals surface area (Å²) in [5.41, 5.74) is 0.839. The van der Waals surface area contributed by atoms with Crippen molar-refractivity contribution in [2.45, 2.75) is 26.3 Å². The van der Waals surface area contributed by atoms with Crippen LogP contribution in [0.4, 0.5) is 0 Å². The highest BCUT2D eigenvalue weighted by Crippen LogP contribution is 2.16. The first kappa shape index (κ1) is 9.39. The first-order valence-corrected chi connectivity index (χ1v) is 5.15. The number of hydrogen-bond acceptors (Lipinski definition) is 2. The van der Waals surface area contributed by atoms with E-state index in [1.165, 1.54) is 0 Å². The second-order valence-corrected chi connectivity index (χ2v) is 4.77. The normalized spacial score (nSPS) is 12.6. The summed E-state index contributed by atoms with van der Waals surface area (Å²) in [5, 5.41) is 10.1. The van der Waals surface area contributed by atoms with E-state index in [9.17, 15) is 4.79 Å². The monoisotopic (exact) mass is 218 g/mol. The van der Waals surface area contributed by atoms with Crippen LogP contribution in [0.25, 0.3) is 10.9 Å². The number of carbonyl (C=O) groups excluding carboxylic acids is 1. The highest BCUT2D eigenvalue weighted by atomic mass is 16.1. The van der Waals surface area contributed by atoms with E-state index in [0.717, 1.165) is 0 Å². The zero-order valence-corrected chi connectivity index (χ0v) is 9.59. The van der Waals surface area contributed by atoms with E-state index < -0.39 is 0 Å². The van der Waals surface area contributed by atoms with Gasteiger partial charge in [0.1, 0.15) is 0 Å². The second-order valence-electron chi connectivity index (χ2n) is 4.77. The molecule has 0 aliphatic carbocycles. The van der Waals surface area contributed by atoms with Crippen LogP contribution in [0.5, 0.6) is 0 Å². The van der Waals surface area contributed by atoms with Crippen LogP contribution >= 0.6 is 0 Å². The molecule has 0 aliphatic rings. The second kappa shape index (κ2) is 3.63. The van der Waals surface area contributed by atoms with E-state index in [2.05, 4.69) is 15.5 Å². The van der Waals surface area contributed by atoms with Crippen LogP contribution in [0.15, 0.2) is 24.4 Å². The van der Waals surface area contributed by atoms with Crippen molar-refractivity contribution in [3.8, 4) is 0 Å². The topological polar surface area (TPSA) is 57.8 Å². The van der Waals surface area contributed by atoms with Gasteiger partial charge in [0.25, 0.3) is 5.91 Å². The average Bonchev–Trinajstić information content (AvgIpc) is 2.58. The Morgan fingerprint density at radius 3 is 2.94 bits per heavy atom. The number of hydrogen-bond donors (Lipinski definition) is 2. The number of benzene rings is 1. The lowest BCUT2D eigenvalue weighted by Gasteiger charge is -2.20. The van der Waals surface area contributed by atoms with Gasteiger partial charge in [-0.3, -0.25) is 9.89 Å². The van der Waals surface area contributed by atoms with Crippen molar-refractivity contribution in [3.63, 3.8) is 0 Å². The Morgan fingerprint density at radius 2 is 2.25 bits per heavy atom. The van der Waals surface area contributed by atoms with Crippen molar-refractivity contribution >= 4 is 16.8 Å². The lowest BCUT2D eigenvalue weighted by atomic mass is 10.1. The summed E-state index contributed by atoms with van der Waals surface area (Å²) in [6, 6.07) is 5.25. The maximum atomic E-state index is 12.1. The summed E-state index contributed by atoms with van der Waals surface area (Å²) in [6.45, 7) is 5.77. The minimum absolute atomic E-state index is 0.158. The van der Waals surface area contributed by atoms with Gasteiger partial charge >= 0.3 is 0 Å². The molecule has 0 bridgehead atoms. The van der Waals surface area contributed by atoms with E-state index >= 15 is 0 Å². The minimum atomic E-state index is -0.289. The predicted octanol–water partition coefficient (Wildman–Crippen LogP) is 2.09. The SMILES string of the molecule is [2H]c1n[nH]c2c(C(=O)NC(C)(C)C)cccc12. The Kier molecular flexibility index (Phi) is 2.13. The Balaban J connectivity index is 2.45. The van der Waals surface area contributed by atoms with Gasteiger partial charge in [-0.15, -0.1) is 0 Å². The minimum Gasteiger partial charge on any atom is -0.347 e. The van der Waals surface area contributed by atoms with Crippen LogP contribution in [0.2, 0.25) is 0 Å². The van der Waals surface area contributed by atoms with Crippen LogP contribution in [-0.4, -0.2) is 21.6 Å². The average molecular weight is 218 g/mol. The molecule has 4 nitrogen and oxygen atoms in total. The van der Waals surface area contributed by atoms with E-state index in [1.54, 1.807) is 18.2 Å². The smallest absolute Gasteiger partial charge is 0.253 e. The van der Waals surface area contributed by atoms with Gasteiger partial charge in [0, 0.05) is 10.9 Å². The summed E-state index contributed by atoms with van der Waals surface area (Å²) < 4.78 is 7.59. The summed E-state index contributed by atoms with van der Waals surface area (Å²) in [4.78, 5) is 12.1. The summed E-state index contributed by atoms with van der Waals surface area (Å²) >= 11 is 0. The van der Waals surface area contributed by atoms with E-state index in [0.29, 0.717) is 16.5 Å². The van der Waals surface area contributed by atoms with E-state index in [-0.39, 0.29) is 17.6 Å². The molecule has 0 saturated heterocycles. The Hall–Kier alpha value is -1.84. The standard InChI is InChI=1S/C12H15N3O/c1-12(2,3)14-11(16)9-6-4-5-8-7-13-15-10(8)9/h4-7H,1-3H3,(H,13,15)(H,14,16)/i7D. The molecule has 0 atom stereocenters. The molecule has 0 aliphatic heterocycles. The quantitative estimate of drug-likeness (QED) is 0.770. The zero-order chi connectivity index (χ0) is 12.6. The summed E-state index contributed by atoms with van der Waals surface area (Å²) in [7, 11) is 0. The highest BCUT2D eigenvalue weighted by Gasteiger charge is 2.17. The predicted molar refractivity (Wildman–Crippen MR) is 63.3 cm³/mol. The lowest BCUT2D eigenvalue weighted by molar-refractivity contribution is 0.0921. The maximum absolute atomic E-state index is 12.1. The molecule has 1 amide bonds. The highest BCUT2D eigenvalue weighted by molar-refractivity contribution is 6.05. The molecule has 0 radical (unpaired) electrons. The number of aromatic nitrogens is 2. The molecular weight excluding hydrogens is 202 g/mol. The number of carbonyl (C=O) groups is 1. The largest absolute Gasteiger partial charge is 0.347 e. The summed E-state index contributed by atoms with van der Waals surface area (Å²) in [6.07, 6.45) is 0.158. The molecule has 1 aromatic carbocycles. The van der Waals surface area contributed by atoms with Crippen molar-refractivity contribution in [1.29, 1.82) is 0 Å². The van der Waals surface area contributed by atoms with Crippen LogP contribution in [0.1, 0.15) is 32.5 Å². The van der Waals surface area contributed by atoms with E-state index in [1.807, 2.05) is 20.8 Å². The number of para-hydroxylation sites is 1. The number of nitrogens with zero attached hydrogens (tertiary/aromatic N) is 1. The number of H-pyrrole nitrogens is 1. The molecule has 1 aromatic heterocycles. The molecule has 2 aromatic rings. The van der Waals surface area contributed by atoms with Crippen LogP contribution in [0, 0.1) is 0 Å². The van der Waals surface area contributed by atoms with Gasteiger partial charge in [-0.1, -0.05) is 12.1 Å². The Labute approximate surface area is 95.5 Å². The molecule has 0 spiro atoms. The lowest BCUT2D eigenvalue weighted by Crippen LogP contribution is -2.40.